The Balaban J connectivity index is 0.000000280. The van der Waals surface area contributed by atoms with Crippen molar-refractivity contribution in [2.75, 3.05) is 6.61 Å². The predicted octanol–water partition coefficient (Wildman–Crippen LogP) is 2.36. The van der Waals surface area contributed by atoms with Crippen LogP contribution in [0.3, 0.4) is 0 Å². The maximum Gasteiger partial charge on any atom is 0.309 e. The lowest BCUT2D eigenvalue weighted by molar-refractivity contribution is -0.141. The Labute approximate surface area is 96.9 Å². The lowest BCUT2D eigenvalue weighted by atomic mass is 9.75. The molecule has 3 unspecified atom stereocenters. The average Bonchev–Trinajstić information content (AvgIpc) is 2.71. The van der Waals surface area contributed by atoms with Gasteiger partial charge in [0, 0.05) is 5.92 Å². The van der Waals surface area contributed by atoms with Crippen molar-refractivity contribution in [3.8, 4) is 0 Å². The third-order valence-electron chi connectivity index (χ3n) is 3.51. The summed E-state index contributed by atoms with van der Waals surface area (Å²) >= 11 is 0. The van der Waals surface area contributed by atoms with E-state index < -0.39 is 0 Å². The molecule has 0 aromatic rings. The Bertz CT molecular complexity index is 254. The van der Waals surface area contributed by atoms with Gasteiger partial charge >= 0.3 is 5.97 Å². The first-order valence-corrected chi connectivity index (χ1v) is 5.95. The van der Waals surface area contributed by atoms with Crippen molar-refractivity contribution in [2.45, 2.75) is 32.6 Å². The minimum Gasteiger partial charge on any atom is -0.465 e. The van der Waals surface area contributed by atoms with Crippen molar-refractivity contribution in [3.05, 3.63) is 12.7 Å². The molecule has 0 amide bonds. The van der Waals surface area contributed by atoms with Gasteiger partial charge in [0.05, 0.1) is 12.5 Å². The third kappa shape index (κ3) is 3.19. The van der Waals surface area contributed by atoms with E-state index in [1.54, 1.807) is 0 Å². The van der Waals surface area contributed by atoms with Crippen LogP contribution in [0.15, 0.2) is 12.7 Å². The minimum absolute atomic E-state index is 0.0644. The molecule has 1 aliphatic heterocycles. The molecule has 0 spiro atoms. The molecule has 2 aliphatic rings. The molecule has 90 valence electrons. The lowest BCUT2D eigenvalue weighted by Gasteiger charge is -2.27. The SMILES string of the molecule is C=CC=O.CCC1CCC2C(=O)OCC2C1. The van der Waals surface area contributed by atoms with E-state index in [9.17, 15) is 4.79 Å². The van der Waals surface area contributed by atoms with E-state index >= 15 is 0 Å². The van der Waals surface area contributed by atoms with Gasteiger partial charge in [-0.05, 0) is 31.3 Å². The van der Waals surface area contributed by atoms with Crippen molar-refractivity contribution >= 4 is 12.3 Å². The fourth-order valence-electron chi connectivity index (χ4n) is 2.52. The second kappa shape index (κ2) is 6.46. The van der Waals surface area contributed by atoms with Crippen molar-refractivity contribution < 1.29 is 14.3 Å². The van der Waals surface area contributed by atoms with E-state index in [0.717, 1.165) is 12.3 Å². The normalized spacial score (nSPS) is 31.8. The van der Waals surface area contributed by atoms with Crippen LogP contribution < -0.4 is 0 Å². The van der Waals surface area contributed by atoms with E-state index in [2.05, 4.69) is 13.5 Å². The van der Waals surface area contributed by atoms with Gasteiger partial charge in [-0.25, -0.2) is 0 Å². The van der Waals surface area contributed by atoms with Gasteiger partial charge in [-0.1, -0.05) is 19.9 Å². The molecule has 0 aromatic heterocycles. The topological polar surface area (TPSA) is 43.4 Å². The van der Waals surface area contributed by atoms with E-state index in [0.29, 0.717) is 18.8 Å². The molecule has 16 heavy (non-hydrogen) atoms. The first kappa shape index (κ1) is 12.9. The van der Waals surface area contributed by atoms with Gasteiger partial charge in [0.1, 0.15) is 6.29 Å². The van der Waals surface area contributed by atoms with Crippen molar-refractivity contribution in [3.63, 3.8) is 0 Å². The van der Waals surface area contributed by atoms with Gasteiger partial charge in [-0.2, -0.15) is 0 Å². The summed E-state index contributed by atoms with van der Waals surface area (Å²) in [7, 11) is 0. The zero-order valence-electron chi connectivity index (χ0n) is 9.85. The molecule has 2 rings (SSSR count). The highest BCUT2D eigenvalue weighted by Gasteiger charge is 2.40. The zero-order valence-corrected chi connectivity index (χ0v) is 9.85. The molecule has 0 aromatic carbocycles. The molecule has 2 fully saturated rings. The van der Waals surface area contributed by atoms with E-state index in [1.165, 1.54) is 25.3 Å². The summed E-state index contributed by atoms with van der Waals surface area (Å²) in [6, 6.07) is 0. The Morgan fingerprint density at radius 2 is 2.19 bits per heavy atom. The number of rotatable bonds is 2. The van der Waals surface area contributed by atoms with Crippen LogP contribution in [0.4, 0.5) is 0 Å². The molecule has 0 radical (unpaired) electrons. The van der Waals surface area contributed by atoms with E-state index in [1.807, 2.05) is 0 Å². The Hall–Kier alpha value is -1.12. The third-order valence-corrected chi connectivity index (χ3v) is 3.51. The quantitative estimate of drug-likeness (QED) is 0.411. The fraction of sp³-hybridized carbons (Fsp3) is 0.692. The Morgan fingerprint density at radius 3 is 2.75 bits per heavy atom. The largest absolute Gasteiger partial charge is 0.465 e. The van der Waals surface area contributed by atoms with Gasteiger partial charge in [0.2, 0.25) is 0 Å². The Kier molecular flexibility index (Phi) is 5.23. The number of carbonyl (C=O) groups excluding carboxylic acids is 2. The number of allylic oxidation sites excluding steroid dienone is 1. The molecule has 3 heteroatoms. The summed E-state index contributed by atoms with van der Waals surface area (Å²) in [4.78, 5) is 20.2. The molecule has 1 saturated heterocycles. The summed E-state index contributed by atoms with van der Waals surface area (Å²) in [5, 5.41) is 0. The predicted molar refractivity (Wildman–Crippen MR) is 61.8 cm³/mol. The van der Waals surface area contributed by atoms with Gasteiger partial charge in [0.25, 0.3) is 0 Å². The number of hydrogen-bond donors (Lipinski definition) is 0. The molecule has 3 nitrogen and oxygen atoms in total. The molecule has 0 bridgehead atoms. The number of fused-ring (bicyclic) bond motifs is 1. The monoisotopic (exact) mass is 224 g/mol. The summed E-state index contributed by atoms with van der Waals surface area (Å²) < 4.78 is 5.05. The molecule has 3 atom stereocenters. The first-order valence-electron chi connectivity index (χ1n) is 5.95. The zero-order chi connectivity index (χ0) is 12.0. The number of ether oxygens (including phenoxy) is 1. The second-order valence-electron chi connectivity index (χ2n) is 4.46. The van der Waals surface area contributed by atoms with Crippen LogP contribution in [-0.2, 0) is 14.3 Å². The number of carbonyl (C=O) groups is 2. The first-order chi connectivity index (χ1) is 7.72. The van der Waals surface area contributed by atoms with Crippen LogP contribution in [0.2, 0.25) is 0 Å². The molecule has 1 saturated carbocycles. The minimum atomic E-state index is 0.0644. The molecule has 0 N–H and O–H groups in total. The van der Waals surface area contributed by atoms with Crippen LogP contribution >= 0.6 is 0 Å². The number of hydrogen-bond acceptors (Lipinski definition) is 3. The highest BCUT2D eigenvalue weighted by molar-refractivity contribution is 5.74. The number of aldehydes is 1. The highest BCUT2D eigenvalue weighted by atomic mass is 16.5. The summed E-state index contributed by atoms with van der Waals surface area (Å²) in [6.45, 7) is 6.04. The van der Waals surface area contributed by atoms with Crippen LogP contribution in [0.1, 0.15) is 32.6 Å². The van der Waals surface area contributed by atoms with Gasteiger partial charge in [0.15, 0.2) is 0 Å². The summed E-state index contributed by atoms with van der Waals surface area (Å²) in [5.41, 5.74) is 0. The summed E-state index contributed by atoms with van der Waals surface area (Å²) in [5.74, 6) is 1.72. The van der Waals surface area contributed by atoms with Crippen molar-refractivity contribution in [2.24, 2.45) is 17.8 Å². The lowest BCUT2D eigenvalue weighted by Crippen LogP contribution is -2.24. The van der Waals surface area contributed by atoms with Crippen LogP contribution in [0.25, 0.3) is 0 Å². The van der Waals surface area contributed by atoms with Gasteiger partial charge in [-0.15, -0.1) is 0 Å². The average molecular weight is 224 g/mol. The van der Waals surface area contributed by atoms with E-state index in [4.69, 9.17) is 9.53 Å². The summed E-state index contributed by atoms with van der Waals surface area (Å²) in [6.07, 6.45) is 6.61. The maximum absolute atomic E-state index is 11.2. The van der Waals surface area contributed by atoms with Crippen LogP contribution in [0, 0.1) is 17.8 Å². The fourth-order valence-corrected chi connectivity index (χ4v) is 2.52. The van der Waals surface area contributed by atoms with Crippen molar-refractivity contribution in [1.29, 1.82) is 0 Å². The van der Waals surface area contributed by atoms with Crippen molar-refractivity contribution in [1.82, 2.24) is 0 Å². The van der Waals surface area contributed by atoms with Gasteiger partial charge in [-0.3, -0.25) is 9.59 Å². The standard InChI is InChI=1S/C10H16O2.C3H4O/c1-2-7-3-4-9-8(5-7)6-12-10(9)11;1-2-3-4/h7-9H,2-6H2,1H3;2-3H,1H2. The van der Waals surface area contributed by atoms with Crippen LogP contribution in [-0.4, -0.2) is 18.9 Å². The smallest absolute Gasteiger partial charge is 0.309 e. The highest BCUT2D eigenvalue weighted by Crippen LogP contribution is 2.39. The molecule has 1 heterocycles. The number of esters is 1. The molecular formula is C13H20O3. The number of cyclic esters (lactones) is 1. The molecular weight excluding hydrogens is 204 g/mol. The van der Waals surface area contributed by atoms with Crippen LogP contribution in [0.5, 0.6) is 0 Å². The molecule has 1 aliphatic carbocycles. The second-order valence-corrected chi connectivity index (χ2v) is 4.46. The Morgan fingerprint density at radius 1 is 1.50 bits per heavy atom. The van der Waals surface area contributed by atoms with E-state index in [-0.39, 0.29) is 11.9 Å². The maximum atomic E-state index is 11.2. The van der Waals surface area contributed by atoms with Gasteiger partial charge < -0.3 is 4.74 Å².